The number of carbonyl (C=O) groups excluding carboxylic acids is 1. The monoisotopic (exact) mass is 224 g/mol. The first-order valence-electron chi connectivity index (χ1n) is 6.35. The zero-order valence-corrected chi connectivity index (χ0v) is 10.8. The van der Waals surface area contributed by atoms with E-state index in [1.807, 2.05) is 6.92 Å². The third-order valence-electron chi connectivity index (χ3n) is 3.46. The fourth-order valence-corrected chi connectivity index (χ4v) is 2.37. The Hall–Kier alpha value is -0.790. The van der Waals surface area contributed by atoms with Gasteiger partial charge in [0.25, 0.3) is 0 Å². The molecule has 1 atom stereocenters. The van der Waals surface area contributed by atoms with E-state index in [0.717, 1.165) is 18.3 Å². The second-order valence-corrected chi connectivity index (χ2v) is 5.36. The average Bonchev–Trinajstić information content (AvgIpc) is 2.21. The maximum Gasteiger partial charge on any atom is 0.333 e. The Labute approximate surface area is 99.1 Å². The van der Waals surface area contributed by atoms with Crippen LogP contribution in [0, 0.1) is 11.8 Å². The van der Waals surface area contributed by atoms with Crippen molar-refractivity contribution in [2.45, 2.75) is 59.0 Å². The molecular weight excluding hydrogens is 200 g/mol. The highest BCUT2D eigenvalue weighted by molar-refractivity contribution is 5.87. The molecule has 1 aliphatic rings. The van der Waals surface area contributed by atoms with Crippen molar-refractivity contribution in [3.05, 3.63) is 12.2 Å². The molecule has 0 spiro atoms. The SMILES string of the molecule is C=C(C)C(=O)OC(C)CC1CCC(C)CC1. The van der Waals surface area contributed by atoms with Crippen molar-refractivity contribution < 1.29 is 9.53 Å². The summed E-state index contributed by atoms with van der Waals surface area (Å²) < 4.78 is 5.30. The Morgan fingerprint density at radius 3 is 2.44 bits per heavy atom. The first kappa shape index (κ1) is 13.3. The third kappa shape index (κ3) is 4.38. The predicted molar refractivity (Wildman–Crippen MR) is 66.1 cm³/mol. The summed E-state index contributed by atoms with van der Waals surface area (Å²) in [5, 5.41) is 0. The third-order valence-corrected chi connectivity index (χ3v) is 3.46. The van der Waals surface area contributed by atoms with Gasteiger partial charge in [0.05, 0.1) is 6.10 Å². The predicted octanol–water partition coefficient (Wildman–Crippen LogP) is 3.71. The second-order valence-electron chi connectivity index (χ2n) is 5.36. The molecule has 0 aromatic rings. The summed E-state index contributed by atoms with van der Waals surface area (Å²) in [5.41, 5.74) is 0.490. The molecule has 1 unspecified atom stereocenters. The largest absolute Gasteiger partial charge is 0.459 e. The van der Waals surface area contributed by atoms with Crippen LogP contribution < -0.4 is 0 Å². The van der Waals surface area contributed by atoms with Crippen LogP contribution in [-0.2, 0) is 9.53 Å². The van der Waals surface area contributed by atoms with E-state index in [1.54, 1.807) is 6.92 Å². The van der Waals surface area contributed by atoms with Gasteiger partial charge in [0, 0.05) is 5.57 Å². The Morgan fingerprint density at radius 2 is 1.94 bits per heavy atom. The minimum atomic E-state index is -0.253. The van der Waals surface area contributed by atoms with Crippen molar-refractivity contribution >= 4 is 5.97 Å². The molecule has 1 aliphatic carbocycles. The lowest BCUT2D eigenvalue weighted by Gasteiger charge is -2.28. The highest BCUT2D eigenvalue weighted by Gasteiger charge is 2.21. The van der Waals surface area contributed by atoms with Crippen LogP contribution in [-0.4, -0.2) is 12.1 Å². The molecule has 92 valence electrons. The van der Waals surface area contributed by atoms with Gasteiger partial charge in [-0.3, -0.25) is 0 Å². The number of hydrogen-bond donors (Lipinski definition) is 0. The van der Waals surface area contributed by atoms with E-state index in [-0.39, 0.29) is 12.1 Å². The first-order valence-corrected chi connectivity index (χ1v) is 6.35. The number of ether oxygens (including phenoxy) is 1. The zero-order valence-electron chi connectivity index (χ0n) is 10.8. The zero-order chi connectivity index (χ0) is 12.1. The topological polar surface area (TPSA) is 26.3 Å². The lowest BCUT2D eigenvalue weighted by Crippen LogP contribution is -2.21. The summed E-state index contributed by atoms with van der Waals surface area (Å²) >= 11 is 0. The van der Waals surface area contributed by atoms with Crippen LogP contribution in [0.25, 0.3) is 0 Å². The van der Waals surface area contributed by atoms with Gasteiger partial charge in [0.2, 0.25) is 0 Å². The van der Waals surface area contributed by atoms with Crippen LogP contribution in [0.5, 0.6) is 0 Å². The molecule has 0 aliphatic heterocycles. The van der Waals surface area contributed by atoms with Gasteiger partial charge in [-0.25, -0.2) is 4.79 Å². The van der Waals surface area contributed by atoms with Crippen molar-refractivity contribution in [2.75, 3.05) is 0 Å². The summed E-state index contributed by atoms with van der Waals surface area (Å²) in [4.78, 5) is 11.3. The van der Waals surface area contributed by atoms with Crippen LogP contribution in [0.2, 0.25) is 0 Å². The summed E-state index contributed by atoms with van der Waals surface area (Å²) in [6.07, 6.45) is 6.26. The van der Waals surface area contributed by atoms with Gasteiger partial charge < -0.3 is 4.74 Å². The molecule has 2 nitrogen and oxygen atoms in total. The van der Waals surface area contributed by atoms with Crippen LogP contribution >= 0.6 is 0 Å². The van der Waals surface area contributed by atoms with E-state index in [1.165, 1.54) is 25.7 Å². The lowest BCUT2D eigenvalue weighted by molar-refractivity contribution is -0.144. The molecule has 1 saturated carbocycles. The van der Waals surface area contributed by atoms with E-state index in [9.17, 15) is 4.79 Å². The summed E-state index contributed by atoms with van der Waals surface area (Å²) in [6.45, 7) is 9.59. The summed E-state index contributed by atoms with van der Waals surface area (Å²) in [5.74, 6) is 1.37. The molecule has 0 aromatic carbocycles. The fourth-order valence-electron chi connectivity index (χ4n) is 2.37. The Balaban J connectivity index is 2.26. The Kier molecular flexibility index (Phi) is 5.04. The van der Waals surface area contributed by atoms with Gasteiger partial charge in [0.15, 0.2) is 0 Å². The molecular formula is C14H24O2. The summed E-state index contributed by atoms with van der Waals surface area (Å²) in [6, 6.07) is 0. The summed E-state index contributed by atoms with van der Waals surface area (Å²) in [7, 11) is 0. The van der Waals surface area contributed by atoms with Gasteiger partial charge >= 0.3 is 5.97 Å². The fraction of sp³-hybridized carbons (Fsp3) is 0.786. The quantitative estimate of drug-likeness (QED) is 0.537. The number of hydrogen-bond acceptors (Lipinski definition) is 2. The van der Waals surface area contributed by atoms with Gasteiger partial charge in [-0.2, -0.15) is 0 Å². The number of rotatable bonds is 4. The van der Waals surface area contributed by atoms with E-state index in [2.05, 4.69) is 13.5 Å². The van der Waals surface area contributed by atoms with Gasteiger partial charge in [-0.05, 0) is 32.1 Å². The van der Waals surface area contributed by atoms with Crippen LogP contribution in [0.15, 0.2) is 12.2 Å². The normalized spacial score (nSPS) is 27.2. The smallest absolute Gasteiger partial charge is 0.333 e. The highest BCUT2D eigenvalue weighted by atomic mass is 16.5. The van der Waals surface area contributed by atoms with Crippen molar-refractivity contribution in [1.82, 2.24) is 0 Å². The minimum absolute atomic E-state index is 0.0302. The average molecular weight is 224 g/mol. The van der Waals surface area contributed by atoms with Crippen molar-refractivity contribution in [1.29, 1.82) is 0 Å². The van der Waals surface area contributed by atoms with E-state index in [4.69, 9.17) is 4.74 Å². The molecule has 0 bridgehead atoms. The molecule has 2 heteroatoms. The van der Waals surface area contributed by atoms with E-state index < -0.39 is 0 Å². The molecule has 0 N–H and O–H groups in total. The standard InChI is InChI=1S/C14H24O2/c1-10(2)14(15)16-12(4)9-13-7-5-11(3)6-8-13/h11-13H,1,5-9H2,2-4H3. The lowest BCUT2D eigenvalue weighted by atomic mass is 9.80. The first-order chi connectivity index (χ1) is 7.49. The molecule has 0 amide bonds. The highest BCUT2D eigenvalue weighted by Crippen LogP contribution is 2.31. The number of esters is 1. The van der Waals surface area contributed by atoms with Crippen LogP contribution in [0.4, 0.5) is 0 Å². The van der Waals surface area contributed by atoms with Crippen molar-refractivity contribution in [3.8, 4) is 0 Å². The molecule has 0 heterocycles. The maximum absolute atomic E-state index is 11.3. The van der Waals surface area contributed by atoms with Crippen molar-refractivity contribution in [2.24, 2.45) is 11.8 Å². The number of carbonyl (C=O) groups is 1. The van der Waals surface area contributed by atoms with E-state index >= 15 is 0 Å². The van der Waals surface area contributed by atoms with Crippen LogP contribution in [0.3, 0.4) is 0 Å². The Bertz CT molecular complexity index is 249. The van der Waals surface area contributed by atoms with Gasteiger partial charge in [-0.15, -0.1) is 0 Å². The van der Waals surface area contributed by atoms with Gasteiger partial charge in [-0.1, -0.05) is 39.2 Å². The molecule has 0 saturated heterocycles. The molecule has 16 heavy (non-hydrogen) atoms. The molecule has 0 radical (unpaired) electrons. The Morgan fingerprint density at radius 1 is 1.38 bits per heavy atom. The molecule has 1 rings (SSSR count). The maximum atomic E-state index is 11.3. The van der Waals surface area contributed by atoms with Crippen LogP contribution in [0.1, 0.15) is 52.9 Å². The minimum Gasteiger partial charge on any atom is -0.459 e. The van der Waals surface area contributed by atoms with Gasteiger partial charge in [0.1, 0.15) is 0 Å². The van der Waals surface area contributed by atoms with E-state index in [0.29, 0.717) is 5.57 Å². The second kappa shape index (κ2) is 6.07. The van der Waals surface area contributed by atoms with Crippen molar-refractivity contribution in [3.63, 3.8) is 0 Å². The molecule has 1 fully saturated rings. The molecule has 0 aromatic heterocycles.